The molecule has 0 radical (unpaired) electrons. The Bertz CT molecular complexity index is 1600. The summed E-state index contributed by atoms with van der Waals surface area (Å²) in [7, 11) is 0. The quantitative estimate of drug-likeness (QED) is 0.269. The predicted octanol–water partition coefficient (Wildman–Crippen LogP) is 5.90. The zero-order chi connectivity index (χ0) is 26.6. The smallest absolute Gasteiger partial charge is 0.259 e. The standard InChI is InChI=1S/C32H29N5O2/c1-24-30(19-25-9-4-2-5-10-25)31(38)37-23-35(21-26-11-8-18-33-20-26)22-36(32(37)34-24)27-14-16-29(17-15-27)39-28-12-6-3-7-13-28/h2-18,20H,19,21-23H2,1H3. The summed E-state index contributed by atoms with van der Waals surface area (Å²) in [5.41, 5.74) is 4.58. The first-order valence-electron chi connectivity index (χ1n) is 13.0. The lowest BCUT2D eigenvalue weighted by atomic mass is 10.1. The van der Waals surface area contributed by atoms with Gasteiger partial charge in [-0.15, -0.1) is 0 Å². The van der Waals surface area contributed by atoms with E-state index in [1.54, 1.807) is 10.8 Å². The molecule has 39 heavy (non-hydrogen) atoms. The number of nitrogens with zero attached hydrogens (tertiary/aromatic N) is 5. The predicted molar refractivity (Wildman–Crippen MR) is 152 cm³/mol. The monoisotopic (exact) mass is 515 g/mol. The first-order valence-corrected chi connectivity index (χ1v) is 13.0. The molecule has 2 aromatic heterocycles. The Labute approximate surface area is 227 Å². The van der Waals surface area contributed by atoms with Crippen LogP contribution in [-0.4, -0.2) is 26.1 Å². The number of aromatic nitrogens is 3. The van der Waals surface area contributed by atoms with Gasteiger partial charge in [-0.2, -0.15) is 0 Å². The summed E-state index contributed by atoms with van der Waals surface area (Å²) in [6.45, 7) is 3.62. The van der Waals surface area contributed by atoms with Crippen molar-refractivity contribution in [3.8, 4) is 11.5 Å². The maximum Gasteiger partial charge on any atom is 0.259 e. The van der Waals surface area contributed by atoms with Crippen LogP contribution >= 0.6 is 0 Å². The minimum absolute atomic E-state index is 0.00808. The Kier molecular flexibility index (Phi) is 6.89. The molecule has 0 spiro atoms. The molecular weight excluding hydrogens is 486 g/mol. The molecule has 6 rings (SSSR count). The van der Waals surface area contributed by atoms with E-state index >= 15 is 0 Å². The maximum atomic E-state index is 13.9. The number of para-hydroxylation sites is 1. The second-order valence-electron chi connectivity index (χ2n) is 9.68. The van der Waals surface area contributed by atoms with Crippen molar-refractivity contribution in [3.63, 3.8) is 0 Å². The molecule has 0 unspecified atom stereocenters. The number of anilines is 2. The molecule has 0 aliphatic carbocycles. The molecule has 1 aliphatic heterocycles. The van der Waals surface area contributed by atoms with E-state index in [1.807, 2.05) is 104 Å². The van der Waals surface area contributed by atoms with Crippen LogP contribution in [0.15, 0.2) is 114 Å². The highest BCUT2D eigenvalue weighted by Gasteiger charge is 2.28. The molecule has 0 atom stereocenters. The van der Waals surface area contributed by atoms with Crippen LogP contribution in [0.5, 0.6) is 11.5 Å². The Morgan fingerprint density at radius 2 is 1.49 bits per heavy atom. The molecule has 1 aliphatic rings. The molecule has 0 saturated heterocycles. The molecule has 7 nitrogen and oxygen atoms in total. The lowest BCUT2D eigenvalue weighted by molar-refractivity contribution is 0.189. The van der Waals surface area contributed by atoms with Crippen molar-refractivity contribution < 1.29 is 4.74 Å². The van der Waals surface area contributed by atoms with E-state index in [2.05, 4.69) is 20.9 Å². The molecule has 194 valence electrons. The zero-order valence-electron chi connectivity index (χ0n) is 21.8. The summed E-state index contributed by atoms with van der Waals surface area (Å²) < 4.78 is 7.79. The number of aryl methyl sites for hydroxylation is 1. The molecule has 0 bridgehead atoms. The summed E-state index contributed by atoms with van der Waals surface area (Å²) in [5.74, 6) is 2.17. The average Bonchev–Trinajstić information content (AvgIpc) is 2.97. The summed E-state index contributed by atoms with van der Waals surface area (Å²) in [4.78, 5) is 27.5. The van der Waals surface area contributed by atoms with E-state index in [1.165, 1.54) is 0 Å². The van der Waals surface area contributed by atoms with E-state index in [0.29, 0.717) is 32.3 Å². The first-order chi connectivity index (χ1) is 19.1. The van der Waals surface area contributed by atoms with Gasteiger partial charge < -0.3 is 4.74 Å². The molecule has 0 N–H and O–H groups in total. The van der Waals surface area contributed by atoms with Crippen molar-refractivity contribution in [1.82, 2.24) is 19.4 Å². The Balaban J connectivity index is 1.36. The molecule has 5 aromatic rings. The van der Waals surface area contributed by atoms with Crippen molar-refractivity contribution in [2.75, 3.05) is 11.6 Å². The third-order valence-electron chi connectivity index (χ3n) is 6.85. The summed E-state index contributed by atoms with van der Waals surface area (Å²) in [5, 5.41) is 0. The van der Waals surface area contributed by atoms with Gasteiger partial charge in [-0.3, -0.25) is 24.1 Å². The van der Waals surface area contributed by atoms with Crippen LogP contribution in [0.25, 0.3) is 0 Å². The summed E-state index contributed by atoms with van der Waals surface area (Å²) in [6.07, 6.45) is 4.19. The molecule has 0 amide bonds. The second-order valence-corrected chi connectivity index (χ2v) is 9.68. The number of hydrogen-bond donors (Lipinski definition) is 0. The number of ether oxygens (including phenoxy) is 1. The third kappa shape index (κ3) is 5.44. The van der Waals surface area contributed by atoms with Crippen molar-refractivity contribution in [2.24, 2.45) is 0 Å². The minimum Gasteiger partial charge on any atom is -0.457 e. The van der Waals surface area contributed by atoms with Gasteiger partial charge in [-0.25, -0.2) is 4.98 Å². The number of hydrogen-bond acceptors (Lipinski definition) is 6. The fourth-order valence-electron chi connectivity index (χ4n) is 4.90. The molecule has 3 heterocycles. The van der Waals surface area contributed by atoms with Crippen LogP contribution < -0.4 is 15.2 Å². The highest BCUT2D eigenvalue weighted by atomic mass is 16.5. The van der Waals surface area contributed by atoms with Gasteiger partial charge in [0.1, 0.15) is 11.5 Å². The van der Waals surface area contributed by atoms with Crippen molar-refractivity contribution in [2.45, 2.75) is 26.6 Å². The van der Waals surface area contributed by atoms with E-state index < -0.39 is 0 Å². The van der Waals surface area contributed by atoms with Crippen LogP contribution in [0, 0.1) is 6.92 Å². The molecule has 0 fully saturated rings. The largest absolute Gasteiger partial charge is 0.457 e. The van der Waals surface area contributed by atoms with Gasteiger partial charge in [-0.05, 0) is 60.5 Å². The van der Waals surface area contributed by atoms with E-state index in [9.17, 15) is 4.79 Å². The van der Waals surface area contributed by atoms with Crippen molar-refractivity contribution >= 4 is 11.6 Å². The van der Waals surface area contributed by atoms with Gasteiger partial charge in [0.15, 0.2) is 0 Å². The van der Waals surface area contributed by atoms with Gasteiger partial charge >= 0.3 is 0 Å². The van der Waals surface area contributed by atoms with Gasteiger partial charge in [0.2, 0.25) is 5.95 Å². The molecule has 3 aromatic carbocycles. The van der Waals surface area contributed by atoms with Crippen molar-refractivity contribution in [3.05, 3.63) is 142 Å². The first kappa shape index (κ1) is 24.6. The zero-order valence-corrected chi connectivity index (χ0v) is 21.8. The molecular formula is C32H29N5O2. The Hall–Kier alpha value is -4.75. The van der Waals surface area contributed by atoms with Gasteiger partial charge in [-0.1, -0.05) is 54.6 Å². The van der Waals surface area contributed by atoms with Crippen LogP contribution in [0.2, 0.25) is 0 Å². The molecule has 0 saturated carbocycles. The number of fused-ring (bicyclic) bond motifs is 1. The minimum atomic E-state index is -0.00808. The third-order valence-corrected chi connectivity index (χ3v) is 6.85. The van der Waals surface area contributed by atoms with Crippen LogP contribution in [0.1, 0.15) is 22.4 Å². The van der Waals surface area contributed by atoms with E-state index in [4.69, 9.17) is 9.72 Å². The van der Waals surface area contributed by atoms with Crippen LogP contribution in [0.4, 0.5) is 11.6 Å². The fourth-order valence-corrected chi connectivity index (χ4v) is 4.90. The highest BCUT2D eigenvalue weighted by molar-refractivity contribution is 5.60. The van der Waals surface area contributed by atoms with E-state index in [-0.39, 0.29) is 5.56 Å². The second kappa shape index (κ2) is 10.9. The van der Waals surface area contributed by atoms with Crippen LogP contribution in [0.3, 0.4) is 0 Å². The molecule has 7 heteroatoms. The average molecular weight is 516 g/mol. The van der Waals surface area contributed by atoms with Gasteiger partial charge in [0.25, 0.3) is 5.56 Å². The van der Waals surface area contributed by atoms with Gasteiger partial charge in [0, 0.05) is 36.6 Å². The topological polar surface area (TPSA) is 63.5 Å². The Morgan fingerprint density at radius 1 is 0.795 bits per heavy atom. The number of pyridine rings is 1. The normalized spacial score (nSPS) is 13.2. The highest BCUT2D eigenvalue weighted by Crippen LogP contribution is 2.31. The number of benzene rings is 3. The van der Waals surface area contributed by atoms with Crippen LogP contribution in [-0.2, 0) is 19.6 Å². The SMILES string of the molecule is Cc1nc2n(c(=O)c1Cc1ccccc1)CN(Cc1cccnc1)CN2c1ccc(Oc2ccccc2)cc1. The van der Waals surface area contributed by atoms with E-state index in [0.717, 1.165) is 39.6 Å². The number of rotatable bonds is 7. The summed E-state index contributed by atoms with van der Waals surface area (Å²) >= 11 is 0. The lowest BCUT2D eigenvalue weighted by Gasteiger charge is -2.38. The Morgan fingerprint density at radius 3 is 2.21 bits per heavy atom. The summed E-state index contributed by atoms with van der Waals surface area (Å²) in [6, 6.07) is 31.7. The van der Waals surface area contributed by atoms with Gasteiger partial charge in [0.05, 0.1) is 19.0 Å². The lowest BCUT2D eigenvalue weighted by Crippen LogP contribution is -2.47. The van der Waals surface area contributed by atoms with Crippen molar-refractivity contribution in [1.29, 1.82) is 0 Å². The maximum absolute atomic E-state index is 13.9. The fraction of sp³-hybridized carbons (Fsp3) is 0.156.